The van der Waals surface area contributed by atoms with Crippen LogP contribution < -0.4 is 5.73 Å². The maximum absolute atomic E-state index is 8.81. The summed E-state index contributed by atoms with van der Waals surface area (Å²) in [6.07, 6.45) is 3.49. The van der Waals surface area contributed by atoms with Gasteiger partial charge in [0.25, 0.3) is 0 Å². The molecule has 0 saturated carbocycles. The maximum Gasteiger partial charge on any atom is 0.175 e. The summed E-state index contributed by atoms with van der Waals surface area (Å²) in [7, 11) is 1.80. The number of oxime groups is 1. The summed E-state index contributed by atoms with van der Waals surface area (Å²) in [6, 6.07) is 0. The van der Waals surface area contributed by atoms with Crippen LogP contribution in [-0.2, 0) is 7.05 Å². The minimum atomic E-state index is 0.0405. The highest BCUT2D eigenvalue weighted by Crippen LogP contribution is 2.18. The van der Waals surface area contributed by atoms with E-state index in [0.717, 1.165) is 11.6 Å². The van der Waals surface area contributed by atoms with E-state index >= 15 is 0 Å². The largest absolute Gasteiger partial charge is 0.409 e. The Bertz CT molecular complexity index is 580. The number of rotatable bonds is 2. The lowest BCUT2D eigenvalue weighted by atomic mass is 10.2. The van der Waals surface area contributed by atoms with Crippen molar-refractivity contribution in [3.8, 4) is 5.82 Å². The van der Waals surface area contributed by atoms with E-state index in [9.17, 15) is 0 Å². The van der Waals surface area contributed by atoms with Gasteiger partial charge < -0.3 is 10.9 Å². The van der Waals surface area contributed by atoms with Gasteiger partial charge in [-0.25, -0.2) is 4.98 Å². The monoisotopic (exact) mass is 234 g/mol. The third kappa shape index (κ3) is 1.65. The number of nitrogens with two attached hydrogens (primary N) is 1. The van der Waals surface area contributed by atoms with E-state index in [0.29, 0.717) is 11.3 Å². The van der Waals surface area contributed by atoms with Crippen molar-refractivity contribution >= 4 is 5.84 Å². The van der Waals surface area contributed by atoms with Crippen LogP contribution in [0.4, 0.5) is 0 Å². The second kappa shape index (κ2) is 3.93. The van der Waals surface area contributed by atoms with Gasteiger partial charge in [-0.15, -0.1) is 0 Å². The Morgan fingerprint density at radius 3 is 2.71 bits per heavy atom. The highest BCUT2D eigenvalue weighted by molar-refractivity contribution is 6.01. The second-order valence-corrected chi connectivity index (χ2v) is 3.74. The first-order valence-corrected chi connectivity index (χ1v) is 5.08. The van der Waals surface area contributed by atoms with Gasteiger partial charge in [0, 0.05) is 19.4 Å². The minimum Gasteiger partial charge on any atom is -0.409 e. The van der Waals surface area contributed by atoms with E-state index in [2.05, 4.69) is 15.2 Å². The normalized spacial score (nSPS) is 12.1. The highest BCUT2D eigenvalue weighted by atomic mass is 16.4. The molecule has 0 radical (unpaired) electrons. The molecule has 3 N–H and O–H groups in total. The lowest BCUT2D eigenvalue weighted by Gasteiger charge is -2.08. The molecule has 0 unspecified atom stereocenters. The summed E-state index contributed by atoms with van der Waals surface area (Å²) in [5, 5.41) is 16.1. The van der Waals surface area contributed by atoms with E-state index in [1.165, 1.54) is 0 Å². The first kappa shape index (κ1) is 11.2. The Balaban J connectivity index is 2.74. The molecule has 17 heavy (non-hydrogen) atoms. The van der Waals surface area contributed by atoms with Crippen molar-refractivity contribution in [2.24, 2.45) is 17.9 Å². The van der Waals surface area contributed by atoms with Crippen LogP contribution in [0.3, 0.4) is 0 Å². The molecule has 90 valence electrons. The van der Waals surface area contributed by atoms with Gasteiger partial charge in [0.15, 0.2) is 5.84 Å². The smallest absolute Gasteiger partial charge is 0.175 e. The van der Waals surface area contributed by atoms with E-state index in [1.54, 1.807) is 24.1 Å². The summed E-state index contributed by atoms with van der Waals surface area (Å²) in [4.78, 5) is 4.15. The predicted octanol–water partition coefficient (Wildman–Crippen LogP) is 0.317. The van der Waals surface area contributed by atoms with Gasteiger partial charge in [-0.05, 0) is 13.8 Å². The number of imidazole rings is 1. The topological polar surface area (TPSA) is 94.2 Å². The molecule has 0 amide bonds. The molecule has 0 aliphatic carbocycles. The number of hydrogen-bond donors (Lipinski definition) is 2. The molecule has 0 fully saturated rings. The average Bonchev–Trinajstić information content (AvgIpc) is 2.81. The second-order valence-electron chi connectivity index (χ2n) is 3.74. The standard InChI is InChI=1S/C10H14N6O/c1-6-8(9(11)14-17)10(15(3)13-6)16-5-4-12-7(16)2/h4-5,17H,1-3H3,(H2,11,14). The summed E-state index contributed by atoms with van der Waals surface area (Å²) < 4.78 is 3.52. The zero-order valence-electron chi connectivity index (χ0n) is 9.92. The first-order chi connectivity index (χ1) is 8.06. The van der Waals surface area contributed by atoms with Crippen LogP contribution in [0, 0.1) is 13.8 Å². The van der Waals surface area contributed by atoms with Crippen molar-refractivity contribution < 1.29 is 5.21 Å². The van der Waals surface area contributed by atoms with E-state index in [4.69, 9.17) is 10.9 Å². The van der Waals surface area contributed by atoms with Crippen molar-refractivity contribution in [1.29, 1.82) is 0 Å². The van der Waals surface area contributed by atoms with Crippen LogP contribution in [-0.4, -0.2) is 30.4 Å². The fourth-order valence-electron chi connectivity index (χ4n) is 1.87. The fraction of sp³-hybridized carbons (Fsp3) is 0.300. The molecule has 0 aromatic carbocycles. The van der Waals surface area contributed by atoms with Crippen LogP contribution in [0.15, 0.2) is 17.5 Å². The molecule has 0 bridgehead atoms. The summed E-state index contributed by atoms with van der Waals surface area (Å²) in [6.45, 7) is 3.68. The Labute approximate surface area is 98.2 Å². The van der Waals surface area contributed by atoms with Gasteiger partial charge in [0.2, 0.25) is 0 Å². The molecule has 0 atom stereocenters. The Morgan fingerprint density at radius 2 is 2.18 bits per heavy atom. The number of aryl methyl sites for hydroxylation is 3. The Hall–Kier alpha value is -2.31. The van der Waals surface area contributed by atoms with Gasteiger partial charge in [-0.1, -0.05) is 5.16 Å². The predicted molar refractivity (Wildman–Crippen MR) is 62.3 cm³/mol. The van der Waals surface area contributed by atoms with Crippen LogP contribution in [0.5, 0.6) is 0 Å². The van der Waals surface area contributed by atoms with E-state index in [1.807, 2.05) is 18.4 Å². The van der Waals surface area contributed by atoms with Crippen molar-refractivity contribution in [3.05, 3.63) is 29.5 Å². The van der Waals surface area contributed by atoms with E-state index < -0.39 is 0 Å². The average molecular weight is 234 g/mol. The summed E-state index contributed by atoms with van der Waals surface area (Å²) >= 11 is 0. The molecule has 2 aromatic heterocycles. The molecular weight excluding hydrogens is 220 g/mol. The number of amidine groups is 1. The number of aromatic nitrogens is 4. The molecule has 2 rings (SSSR count). The molecule has 7 nitrogen and oxygen atoms in total. The molecule has 0 saturated heterocycles. The summed E-state index contributed by atoms with van der Waals surface area (Å²) in [5.41, 5.74) is 6.99. The fourth-order valence-corrected chi connectivity index (χ4v) is 1.87. The SMILES string of the molecule is Cc1nn(C)c(-n2ccnc2C)c1C(N)=NO. The lowest BCUT2D eigenvalue weighted by molar-refractivity contribution is 0.318. The van der Waals surface area contributed by atoms with Crippen LogP contribution in [0.25, 0.3) is 5.82 Å². The molecule has 0 spiro atoms. The van der Waals surface area contributed by atoms with Gasteiger partial charge in [-0.2, -0.15) is 5.10 Å². The molecule has 2 heterocycles. The van der Waals surface area contributed by atoms with E-state index in [-0.39, 0.29) is 5.84 Å². The third-order valence-electron chi connectivity index (χ3n) is 2.61. The molecule has 0 aliphatic rings. The molecule has 7 heteroatoms. The van der Waals surface area contributed by atoms with Gasteiger partial charge in [0.05, 0.1) is 11.3 Å². The van der Waals surface area contributed by atoms with Crippen LogP contribution in [0.1, 0.15) is 17.1 Å². The van der Waals surface area contributed by atoms with Gasteiger partial charge in [-0.3, -0.25) is 9.25 Å². The number of hydrogen-bond acceptors (Lipinski definition) is 4. The van der Waals surface area contributed by atoms with Crippen molar-refractivity contribution in [2.45, 2.75) is 13.8 Å². The Morgan fingerprint density at radius 1 is 1.47 bits per heavy atom. The Kier molecular flexibility index (Phi) is 2.58. The van der Waals surface area contributed by atoms with Crippen LogP contribution in [0.2, 0.25) is 0 Å². The minimum absolute atomic E-state index is 0.0405. The van der Waals surface area contributed by atoms with Crippen molar-refractivity contribution in [2.75, 3.05) is 0 Å². The molecule has 2 aromatic rings. The van der Waals surface area contributed by atoms with Gasteiger partial charge in [0.1, 0.15) is 11.6 Å². The van der Waals surface area contributed by atoms with Gasteiger partial charge >= 0.3 is 0 Å². The molecular formula is C10H14N6O. The third-order valence-corrected chi connectivity index (χ3v) is 2.61. The highest BCUT2D eigenvalue weighted by Gasteiger charge is 2.19. The zero-order valence-corrected chi connectivity index (χ0v) is 9.92. The molecule has 0 aliphatic heterocycles. The van der Waals surface area contributed by atoms with Crippen molar-refractivity contribution in [3.63, 3.8) is 0 Å². The van der Waals surface area contributed by atoms with Crippen molar-refractivity contribution in [1.82, 2.24) is 19.3 Å². The quantitative estimate of drug-likeness (QED) is 0.338. The zero-order chi connectivity index (χ0) is 12.6. The lowest BCUT2D eigenvalue weighted by Crippen LogP contribution is -2.17. The summed E-state index contributed by atoms with van der Waals surface area (Å²) in [5.74, 6) is 1.58. The number of nitrogens with zero attached hydrogens (tertiary/aromatic N) is 5. The maximum atomic E-state index is 8.81. The van der Waals surface area contributed by atoms with Crippen LogP contribution >= 0.6 is 0 Å². The first-order valence-electron chi connectivity index (χ1n) is 5.08.